The standard InChI is InChI=1S/C24H28FN5O3/c25-18-7-4-8-19(14-18)26-24(32)27-22-10-9-21(33-23(22)16-31)11-12-30-15-20(28-29-30)13-17-5-2-1-3-6-17/h1-8,14-15,21-23,31H,9-13,16H2,(H2,26,27,32)/t21-,22-,23-/m1/s1. The first kappa shape index (κ1) is 22.9. The second-order valence-corrected chi connectivity index (χ2v) is 8.20. The molecule has 1 saturated heterocycles. The molecule has 0 saturated carbocycles. The van der Waals surface area contributed by atoms with Gasteiger partial charge in [-0.25, -0.2) is 9.18 Å². The number of urea groups is 1. The Kier molecular flexibility index (Phi) is 7.64. The van der Waals surface area contributed by atoms with Crippen molar-refractivity contribution >= 4 is 11.7 Å². The monoisotopic (exact) mass is 453 g/mol. The van der Waals surface area contributed by atoms with Crippen molar-refractivity contribution in [3.8, 4) is 0 Å². The maximum absolute atomic E-state index is 13.3. The highest BCUT2D eigenvalue weighted by molar-refractivity contribution is 5.89. The number of carbonyl (C=O) groups is 1. The van der Waals surface area contributed by atoms with Crippen LogP contribution in [0.15, 0.2) is 60.8 Å². The van der Waals surface area contributed by atoms with Gasteiger partial charge in [-0.1, -0.05) is 41.6 Å². The Morgan fingerprint density at radius 1 is 1.18 bits per heavy atom. The molecule has 8 nitrogen and oxygen atoms in total. The van der Waals surface area contributed by atoms with Gasteiger partial charge in [0, 0.05) is 24.8 Å². The quantitative estimate of drug-likeness (QED) is 0.487. The average molecular weight is 454 g/mol. The molecule has 3 aromatic rings. The highest BCUT2D eigenvalue weighted by Gasteiger charge is 2.31. The fraction of sp³-hybridized carbons (Fsp3) is 0.375. The van der Waals surface area contributed by atoms with Crippen molar-refractivity contribution in [2.24, 2.45) is 0 Å². The van der Waals surface area contributed by atoms with Crippen molar-refractivity contribution in [1.82, 2.24) is 20.3 Å². The number of hydrogen-bond acceptors (Lipinski definition) is 5. The molecule has 3 atom stereocenters. The van der Waals surface area contributed by atoms with Crippen molar-refractivity contribution in [3.05, 3.63) is 77.9 Å². The zero-order valence-electron chi connectivity index (χ0n) is 18.2. The summed E-state index contributed by atoms with van der Waals surface area (Å²) in [6.45, 7) is 0.453. The lowest BCUT2D eigenvalue weighted by molar-refractivity contribution is -0.0905. The van der Waals surface area contributed by atoms with Gasteiger partial charge in [-0.2, -0.15) is 0 Å². The molecule has 0 radical (unpaired) electrons. The minimum absolute atomic E-state index is 0.0479. The molecule has 0 unspecified atom stereocenters. The van der Waals surface area contributed by atoms with E-state index < -0.39 is 18.0 Å². The number of halogens is 1. The number of anilines is 1. The zero-order chi connectivity index (χ0) is 23.0. The third-order valence-corrected chi connectivity index (χ3v) is 5.69. The first-order valence-corrected chi connectivity index (χ1v) is 11.1. The number of benzene rings is 2. The maximum Gasteiger partial charge on any atom is 0.319 e. The molecule has 1 fully saturated rings. The van der Waals surface area contributed by atoms with Gasteiger partial charge >= 0.3 is 6.03 Å². The summed E-state index contributed by atoms with van der Waals surface area (Å²) in [5.74, 6) is -0.426. The number of aryl methyl sites for hydroxylation is 1. The van der Waals surface area contributed by atoms with Crippen molar-refractivity contribution in [2.45, 2.75) is 50.5 Å². The number of aromatic nitrogens is 3. The van der Waals surface area contributed by atoms with Crippen LogP contribution < -0.4 is 10.6 Å². The number of aliphatic hydroxyl groups is 1. The van der Waals surface area contributed by atoms with E-state index in [1.54, 1.807) is 6.07 Å². The smallest absolute Gasteiger partial charge is 0.319 e. The molecule has 4 rings (SSSR count). The summed E-state index contributed by atoms with van der Waals surface area (Å²) in [6, 6.07) is 15.0. The molecule has 2 amide bonds. The van der Waals surface area contributed by atoms with Crippen LogP contribution in [0.3, 0.4) is 0 Å². The van der Waals surface area contributed by atoms with Gasteiger partial charge in [0.25, 0.3) is 0 Å². The second kappa shape index (κ2) is 11.0. The molecule has 1 aliphatic rings. The molecule has 0 aliphatic carbocycles. The molecule has 174 valence electrons. The molecule has 1 aliphatic heterocycles. The van der Waals surface area contributed by atoms with Crippen LogP contribution in [0, 0.1) is 5.82 Å². The van der Waals surface area contributed by atoms with E-state index in [9.17, 15) is 14.3 Å². The van der Waals surface area contributed by atoms with Gasteiger partial charge in [0.1, 0.15) is 11.9 Å². The van der Waals surface area contributed by atoms with Crippen LogP contribution in [0.5, 0.6) is 0 Å². The summed E-state index contributed by atoms with van der Waals surface area (Å²) >= 11 is 0. The molecule has 2 aromatic carbocycles. The Bertz CT molecular complexity index is 1050. The molecule has 0 bridgehead atoms. The van der Waals surface area contributed by atoms with Gasteiger partial charge in [-0.3, -0.25) is 4.68 Å². The lowest BCUT2D eigenvalue weighted by Crippen LogP contribution is -2.52. The third kappa shape index (κ3) is 6.59. The normalized spacial score (nSPS) is 20.4. The summed E-state index contributed by atoms with van der Waals surface area (Å²) in [5.41, 5.74) is 2.46. The van der Waals surface area contributed by atoms with Crippen LogP contribution in [0.25, 0.3) is 0 Å². The van der Waals surface area contributed by atoms with Crippen LogP contribution in [0.2, 0.25) is 0 Å². The molecular weight excluding hydrogens is 425 g/mol. The average Bonchev–Trinajstić information content (AvgIpc) is 3.26. The number of nitrogens with zero attached hydrogens (tertiary/aromatic N) is 3. The first-order valence-electron chi connectivity index (χ1n) is 11.1. The SMILES string of the molecule is O=C(Nc1cccc(F)c1)N[C@@H]1CC[C@H](CCn2cc(Cc3ccccc3)nn2)O[C@@H]1CO. The Balaban J connectivity index is 1.23. The number of hydrogen-bond donors (Lipinski definition) is 3. The minimum atomic E-state index is -0.508. The highest BCUT2D eigenvalue weighted by Crippen LogP contribution is 2.23. The van der Waals surface area contributed by atoms with Crippen molar-refractivity contribution in [3.63, 3.8) is 0 Å². The summed E-state index contributed by atoms with van der Waals surface area (Å²) in [7, 11) is 0. The molecule has 9 heteroatoms. The fourth-order valence-electron chi connectivity index (χ4n) is 4.02. The molecular formula is C24H28FN5O3. The van der Waals surface area contributed by atoms with Gasteiger partial charge < -0.3 is 20.5 Å². The van der Waals surface area contributed by atoms with E-state index in [-0.39, 0.29) is 18.8 Å². The Morgan fingerprint density at radius 2 is 2.03 bits per heavy atom. The Morgan fingerprint density at radius 3 is 2.82 bits per heavy atom. The van der Waals surface area contributed by atoms with Gasteiger partial charge in [0.05, 0.1) is 24.4 Å². The predicted octanol–water partition coefficient (Wildman–Crippen LogP) is 3.13. The van der Waals surface area contributed by atoms with E-state index in [2.05, 4.69) is 33.1 Å². The van der Waals surface area contributed by atoms with Crippen LogP contribution in [0.4, 0.5) is 14.9 Å². The van der Waals surface area contributed by atoms with Crippen molar-refractivity contribution in [2.75, 3.05) is 11.9 Å². The maximum atomic E-state index is 13.3. The molecule has 0 spiro atoms. The van der Waals surface area contributed by atoms with Gasteiger partial charge in [0.15, 0.2) is 0 Å². The van der Waals surface area contributed by atoms with Crippen LogP contribution in [-0.2, 0) is 17.7 Å². The Labute approximate surface area is 191 Å². The summed E-state index contributed by atoms with van der Waals surface area (Å²) in [5, 5.41) is 23.7. The number of rotatable bonds is 8. The van der Waals surface area contributed by atoms with Gasteiger partial charge in [-0.05, 0) is 43.0 Å². The molecule has 2 heterocycles. The number of carbonyl (C=O) groups excluding carboxylic acids is 1. The van der Waals surface area contributed by atoms with E-state index in [0.29, 0.717) is 18.7 Å². The van der Waals surface area contributed by atoms with E-state index in [1.165, 1.54) is 23.8 Å². The lowest BCUT2D eigenvalue weighted by Gasteiger charge is -2.36. The first-order chi connectivity index (χ1) is 16.1. The number of aliphatic hydroxyl groups excluding tert-OH is 1. The van der Waals surface area contributed by atoms with E-state index >= 15 is 0 Å². The van der Waals surface area contributed by atoms with Crippen LogP contribution >= 0.6 is 0 Å². The second-order valence-electron chi connectivity index (χ2n) is 8.20. The molecule has 1 aromatic heterocycles. The summed E-state index contributed by atoms with van der Waals surface area (Å²) in [6.07, 6.45) is 4.27. The van der Waals surface area contributed by atoms with Gasteiger partial charge in [0.2, 0.25) is 0 Å². The number of nitrogens with one attached hydrogen (secondary N) is 2. The largest absolute Gasteiger partial charge is 0.394 e. The van der Waals surface area contributed by atoms with E-state index in [1.807, 2.05) is 29.1 Å². The van der Waals surface area contributed by atoms with Crippen LogP contribution in [-0.4, -0.2) is 51.0 Å². The van der Waals surface area contributed by atoms with E-state index in [4.69, 9.17) is 4.74 Å². The van der Waals surface area contributed by atoms with Crippen LogP contribution in [0.1, 0.15) is 30.5 Å². The topological polar surface area (TPSA) is 101 Å². The summed E-state index contributed by atoms with van der Waals surface area (Å²) in [4.78, 5) is 12.3. The minimum Gasteiger partial charge on any atom is -0.394 e. The van der Waals surface area contributed by atoms with Crippen molar-refractivity contribution in [1.29, 1.82) is 0 Å². The molecule has 3 N–H and O–H groups in total. The number of ether oxygens (including phenoxy) is 1. The molecule has 33 heavy (non-hydrogen) atoms. The van der Waals surface area contributed by atoms with E-state index in [0.717, 1.165) is 25.0 Å². The summed E-state index contributed by atoms with van der Waals surface area (Å²) < 4.78 is 21.1. The zero-order valence-corrected chi connectivity index (χ0v) is 18.2. The third-order valence-electron chi connectivity index (χ3n) is 5.69. The van der Waals surface area contributed by atoms with Crippen molar-refractivity contribution < 1.29 is 19.0 Å². The fourth-order valence-corrected chi connectivity index (χ4v) is 4.02. The highest BCUT2D eigenvalue weighted by atomic mass is 19.1. The predicted molar refractivity (Wildman–Crippen MR) is 121 cm³/mol. The Hall–Kier alpha value is -3.30. The number of amides is 2. The van der Waals surface area contributed by atoms with Gasteiger partial charge in [-0.15, -0.1) is 5.10 Å². The lowest BCUT2D eigenvalue weighted by atomic mass is 9.97.